The van der Waals surface area contributed by atoms with Crippen molar-refractivity contribution in [3.05, 3.63) is 146 Å². The largest absolute Gasteiger partial charge is 0.394 e. The summed E-state index contributed by atoms with van der Waals surface area (Å²) in [5.74, 6) is -0.102. The van der Waals surface area contributed by atoms with Gasteiger partial charge in [-0.2, -0.15) is 0 Å². The summed E-state index contributed by atoms with van der Waals surface area (Å²) in [4.78, 5) is 12.5. The predicted octanol–water partition coefficient (Wildman–Crippen LogP) is 20.0. The SMILES string of the molecule is CC/C=C\C/C=C\C/C=C\C/C=C\C/C=C\C/C=C\C/C=C\C/C=C\C/C=C\CCCCCCCC(=O)NC(CO)C(O)/C=C/CC/C=C/CC/C=C/CCCCCCCCCCCCCCCCCC. The molecule has 0 rings (SSSR count). The fraction of sp³-hybridized carbons (Fsp3) is 0.627. The van der Waals surface area contributed by atoms with E-state index in [1.807, 2.05) is 6.08 Å². The van der Waals surface area contributed by atoms with Gasteiger partial charge in [0.1, 0.15) is 0 Å². The number of allylic oxidation sites excluding steroid dienone is 23. The lowest BCUT2D eigenvalue weighted by Gasteiger charge is -2.19. The number of nitrogens with one attached hydrogen (secondary N) is 1. The van der Waals surface area contributed by atoms with Crippen LogP contribution in [0.3, 0.4) is 0 Å². The molecule has 0 fully saturated rings. The Hall–Kier alpha value is -3.73. The molecule has 0 aromatic heterocycles. The van der Waals surface area contributed by atoms with E-state index in [2.05, 4.69) is 153 Å². The second-order valence-electron chi connectivity index (χ2n) is 19.3. The highest BCUT2D eigenvalue weighted by Gasteiger charge is 2.17. The Morgan fingerprint density at radius 1 is 0.352 bits per heavy atom. The molecule has 0 aliphatic rings. The molecule has 0 aliphatic carbocycles. The number of hydrogen-bond donors (Lipinski definition) is 3. The van der Waals surface area contributed by atoms with E-state index in [4.69, 9.17) is 0 Å². The number of rotatable bonds is 52. The van der Waals surface area contributed by atoms with E-state index in [1.54, 1.807) is 6.08 Å². The van der Waals surface area contributed by atoms with E-state index in [9.17, 15) is 15.0 Å². The van der Waals surface area contributed by atoms with Gasteiger partial charge in [0.15, 0.2) is 0 Å². The third kappa shape index (κ3) is 57.0. The molecule has 0 aromatic carbocycles. The first kappa shape index (κ1) is 67.3. The van der Waals surface area contributed by atoms with Crippen LogP contribution in [0, 0.1) is 0 Å². The molecule has 0 saturated carbocycles. The third-order valence-corrected chi connectivity index (χ3v) is 12.5. The van der Waals surface area contributed by atoms with E-state index in [0.29, 0.717) is 6.42 Å². The van der Waals surface area contributed by atoms with Gasteiger partial charge < -0.3 is 15.5 Å². The summed E-state index contributed by atoms with van der Waals surface area (Å²) in [5, 5.41) is 23.1. The highest BCUT2D eigenvalue weighted by atomic mass is 16.3. The van der Waals surface area contributed by atoms with Crippen molar-refractivity contribution in [1.29, 1.82) is 0 Å². The standard InChI is InChI=1S/C67H111NO3/c1-3-5-7-9-11-13-15-17-19-21-23-25-27-29-31-32-33-34-35-36-37-39-41-43-45-47-49-51-53-55-57-59-61-63-67(71)68-65(64-69)66(70)62-60-58-56-54-52-50-48-46-44-42-40-38-30-28-26-24-22-20-18-16-14-12-10-8-6-4-2/h5,7,11,13,17,19,23,25,29,31,33-34,36-37,41,43-44,46-47,49,52,54,60,62,65-66,69-70H,3-4,6,8-10,12,14-16,18,20-22,24,26-28,30,32,35,38-40,42,45,48,50-51,53,55-59,61,63-64H2,1-2H3,(H,68,71)/b7-5-,13-11-,19-17-,25-23-,31-29-,34-33-,37-36-,43-41-,46-44+,49-47-,54-52+,62-60+. The quantitative estimate of drug-likeness (QED) is 0.0420. The zero-order chi connectivity index (χ0) is 51.3. The molecule has 1 amide bonds. The van der Waals surface area contributed by atoms with Gasteiger partial charge in [-0.25, -0.2) is 0 Å². The Kier molecular flexibility index (Phi) is 57.4. The van der Waals surface area contributed by atoms with Crippen LogP contribution in [-0.2, 0) is 4.79 Å². The zero-order valence-corrected chi connectivity index (χ0v) is 46.2. The van der Waals surface area contributed by atoms with Gasteiger partial charge >= 0.3 is 0 Å². The van der Waals surface area contributed by atoms with Gasteiger partial charge in [-0.05, 0) is 116 Å². The van der Waals surface area contributed by atoms with E-state index in [-0.39, 0.29) is 12.5 Å². The lowest BCUT2D eigenvalue weighted by atomic mass is 10.0. The maximum atomic E-state index is 12.5. The Morgan fingerprint density at radius 3 is 0.986 bits per heavy atom. The predicted molar refractivity (Wildman–Crippen MR) is 317 cm³/mol. The van der Waals surface area contributed by atoms with Crippen molar-refractivity contribution >= 4 is 5.91 Å². The first-order valence-electron chi connectivity index (χ1n) is 29.5. The molecule has 0 aliphatic heterocycles. The van der Waals surface area contributed by atoms with Gasteiger partial charge in [0, 0.05) is 6.42 Å². The van der Waals surface area contributed by atoms with Crippen molar-refractivity contribution in [2.75, 3.05) is 6.61 Å². The molecule has 4 nitrogen and oxygen atoms in total. The van der Waals surface area contributed by atoms with Gasteiger partial charge in [-0.3, -0.25) is 4.79 Å². The number of carbonyl (C=O) groups is 1. The highest BCUT2D eigenvalue weighted by molar-refractivity contribution is 5.76. The number of aliphatic hydroxyl groups excluding tert-OH is 2. The summed E-state index contributed by atoms with van der Waals surface area (Å²) < 4.78 is 0. The fourth-order valence-electron chi connectivity index (χ4n) is 8.09. The summed E-state index contributed by atoms with van der Waals surface area (Å²) in [6.07, 6.45) is 95.8. The Morgan fingerprint density at radius 2 is 0.634 bits per heavy atom. The van der Waals surface area contributed by atoms with Crippen molar-refractivity contribution in [2.45, 2.75) is 264 Å². The van der Waals surface area contributed by atoms with Crippen molar-refractivity contribution in [3.63, 3.8) is 0 Å². The molecule has 0 heterocycles. The van der Waals surface area contributed by atoms with Crippen LogP contribution in [0.5, 0.6) is 0 Å². The fourth-order valence-corrected chi connectivity index (χ4v) is 8.09. The van der Waals surface area contributed by atoms with Crippen LogP contribution in [0.4, 0.5) is 0 Å². The minimum atomic E-state index is -0.891. The van der Waals surface area contributed by atoms with Crippen molar-refractivity contribution in [1.82, 2.24) is 5.32 Å². The van der Waals surface area contributed by atoms with Gasteiger partial charge in [-0.15, -0.1) is 0 Å². The lowest BCUT2D eigenvalue weighted by molar-refractivity contribution is -0.123. The molecular formula is C67H111NO3. The molecule has 3 N–H and O–H groups in total. The van der Waals surface area contributed by atoms with Crippen LogP contribution in [-0.4, -0.2) is 34.9 Å². The first-order chi connectivity index (χ1) is 35.2. The number of carbonyl (C=O) groups excluding carboxylic acids is 1. The second kappa shape index (κ2) is 60.6. The molecule has 71 heavy (non-hydrogen) atoms. The maximum absolute atomic E-state index is 12.5. The average molecular weight is 979 g/mol. The summed E-state index contributed by atoms with van der Waals surface area (Å²) in [5.41, 5.74) is 0. The molecule has 2 unspecified atom stereocenters. The minimum absolute atomic E-state index is 0.102. The molecule has 0 saturated heterocycles. The molecule has 0 radical (unpaired) electrons. The van der Waals surface area contributed by atoms with Gasteiger partial charge in [0.05, 0.1) is 18.8 Å². The number of aliphatic hydroxyl groups is 2. The van der Waals surface area contributed by atoms with Crippen LogP contribution in [0.1, 0.15) is 251 Å². The topological polar surface area (TPSA) is 69.6 Å². The molecular weight excluding hydrogens is 867 g/mol. The number of hydrogen-bond acceptors (Lipinski definition) is 3. The van der Waals surface area contributed by atoms with E-state index in [0.717, 1.165) is 116 Å². The van der Waals surface area contributed by atoms with Crippen molar-refractivity contribution in [2.24, 2.45) is 0 Å². The zero-order valence-electron chi connectivity index (χ0n) is 46.2. The molecule has 4 heteroatoms. The van der Waals surface area contributed by atoms with Crippen LogP contribution < -0.4 is 5.32 Å². The summed E-state index contributed by atoms with van der Waals surface area (Å²) in [6.45, 7) is 4.17. The van der Waals surface area contributed by atoms with Gasteiger partial charge in [0.2, 0.25) is 5.91 Å². The van der Waals surface area contributed by atoms with Gasteiger partial charge in [0.25, 0.3) is 0 Å². The van der Waals surface area contributed by atoms with Crippen LogP contribution in [0.2, 0.25) is 0 Å². The number of amides is 1. The smallest absolute Gasteiger partial charge is 0.220 e. The molecule has 0 spiro atoms. The second-order valence-corrected chi connectivity index (χ2v) is 19.3. The molecule has 0 aromatic rings. The monoisotopic (exact) mass is 978 g/mol. The van der Waals surface area contributed by atoms with Crippen LogP contribution in [0.15, 0.2) is 146 Å². The van der Waals surface area contributed by atoms with Gasteiger partial charge in [-0.1, -0.05) is 275 Å². The molecule has 2 atom stereocenters. The summed E-state index contributed by atoms with van der Waals surface area (Å²) >= 11 is 0. The first-order valence-corrected chi connectivity index (χ1v) is 29.5. The van der Waals surface area contributed by atoms with E-state index >= 15 is 0 Å². The van der Waals surface area contributed by atoms with Crippen LogP contribution in [0.25, 0.3) is 0 Å². The Labute approximate surface area is 440 Å². The minimum Gasteiger partial charge on any atom is -0.394 e. The van der Waals surface area contributed by atoms with E-state index < -0.39 is 12.1 Å². The average Bonchev–Trinajstić information content (AvgIpc) is 3.37. The van der Waals surface area contributed by atoms with E-state index in [1.165, 1.54) is 116 Å². The lowest BCUT2D eigenvalue weighted by Crippen LogP contribution is -2.45. The third-order valence-electron chi connectivity index (χ3n) is 12.5. The Balaban J connectivity index is 3.70. The number of unbranched alkanes of at least 4 members (excludes halogenated alkanes) is 23. The molecule has 0 bridgehead atoms. The highest BCUT2D eigenvalue weighted by Crippen LogP contribution is 2.15. The molecule has 402 valence electrons. The van der Waals surface area contributed by atoms with Crippen molar-refractivity contribution < 1.29 is 15.0 Å². The normalized spacial score (nSPS) is 13.9. The van der Waals surface area contributed by atoms with Crippen molar-refractivity contribution in [3.8, 4) is 0 Å². The summed E-state index contributed by atoms with van der Waals surface area (Å²) in [6, 6.07) is -0.669. The Bertz CT molecular complexity index is 1480. The van der Waals surface area contributed by atoms with Crippen LogP contribution >= 0.6 is 0 Å². The summed E-state index contributed by atoms with van der Waals surface area (Å²) in [7, 11) is 0. The maximum Gasteiger partial charge on any atom is 0.220 e.